The van der Waals surface area contributed by atoms with E-state index in [9.17, 15) is 0 Å². The quantitative estimate of drug-likeness (QED) is 0.863. The van der Waals surface area contributed by atoms with E-state index in [1.807, 2.05) is 25.1 Å². The molecule has 0 aliphatic heterocycles. The lowest BCUT2D eigenvalue weighted by molar-refractivity contribution is 0.397. The van der Waals surface area contributed by atoms with Crippen molar-refractivity contribution in [2.75, 3.05) is 12.8 Å². The van der Waals surface area contributed by atoms with E-state index in [1.165, 1.54) is 0 Å². The molecule has 0 radical (unpaired) electrons. The molecule has 0 aliphatic rings. The van der Waals surface area contributed by atoms with Crippen LogP contribution in [0, 0.1) is 6.92 Å². The SMILES string of the molecule is COc1nc(C(C)C)ccc1-c1nc(Br)c(N)cc1C. The van der Waals surface area contributed by atoms with Gasteiger partial charge >= 0.3 is 0 Å². The van der Waals surface area contributed by atoms with Gasteiger partial charge in [0.15, 0.2) is 0 Å². The molecule has 0 aromatic carbocycles. The number of halogens is 1. The van der Waals surface area contributed by atoms with Crippen molar-refractivity contribution >= 4 is 21.6 Å². The Labute approximate surface area is 127 Å². The lowest BCUT2D eigenvalue weighted by atomic mass is 10.0. The summed E-state index contributed by atoms with van der Waals surface area (Å²) in [4.78, 5) is 9.05. The topological polar surface area (TPSA) is 61.0 Å². The second-order valence-electron chi connectivity index (χ2n) is 4.98. The third-order valence-corrected chi connectivity index (χ3v) is 3.75. The Morgan fingerprint density at radius 1 is 1.25 bits per heavy atom. The molecule has 0 unspecified atom stereocenters. The van der Waals surface area contributed by atoms with Crippen molar-refractivity contribution in [1.29, 1.82) is 0 Å². The van der Waals surface area contributed by atoms with E-state index in [0.717, 1.165) is 22.5 Å². The van der Waals surface area contributed by atoms with E-state index in [0.29, 0.717) is 22.1 Å². The van der Waals surface area contributed by atoms with Crippen LogP contribution in [0.25, 0.3) is 11.3 Å². The molecule has 20 heavy (non-hydrogen) atoms. The molecule has 2 N–H and O–H groups in total. The number of nitrogens with zero attached hydrogens (tertiary/aromatic N) is 2. The molecule has 2 aromatic heterocycles. The van der Waals surface area contributed by atoms with Gasteiger partial charge in [-0.2, -0.15) is 0 Å². The van der Waals surface area contributed by atoms with Crippen LogP contribution in [-0.4, -0.2) is 17.1 Å². The molecule has 106 valence electrons. The van der Waals surface area contributed by atoms with Crippen molar-refractivity contribution in [2.24, 2.45) is 0 Å². The van der Waals surface area contributed by atoms with Crippen LogP contribution < -0.4 is 10.5 Å². The Kier molecular flexibility index (Phi) is 4.28. The van der Waals surface area contributed by atoms with Gasteiger partial charge in [-0.05, 0) is 52.5 Å². The number of rotatable bonds is 3. The molecule has 0 saturated heterocycles. The zero-order valence-electron chi connectivity index (χ0n) is 12.1. The van der Waals surface area contributed by atoms with Gasteiger partial charge in [-0.3, -0.25) is 0 Å². The molecule has 5 heteroatoms. The highest BCUT2D eigenvalue weighted by Gasteiger charge is 2.15. The summed E-state index contributed by atoms with van der Waals surface area (Å²) in [7, 11) is 1.62. The zero-order valence-corrected chi connectivity index (χ0v) is 13.7. The molecule has 0 atom stereocenters. The Hall–Kier alpha value is -1.62. The van der Waals surface area contributed by atoms with Crippen LogP contribution in [-0.2, 0) is 0 Å². The molecule has 0 fully saturated rings. The second-order valence-corrected chi connectivity index (χ2v) is 5.73. The first-order chi connectivity index (χ1) is 9.43. The summed E-state index contributed by atoms with van der Waals surface area (Å²) in [5, 5.41) is 0. The smallest absolute Gasteiger partial charge is 0.222 e. The number of anilines is 1. The fourth-order valence-electron chi connectivity index (χ4n) is 2.00. The maximum atomic E-state index is 5.85. The Morgan fingerprint density at radius 2 is 1.95 bits per heavy atom. The van der Waals surface area contributed by atoms with Crippen molar-refractivity contribution in [2.45, 2.75) is 26.7 Å². The molecular weight excluding hydrogens is 318 g/mol. The van der Waals surface area contributed by atoms with Crippen molar-refractivity contribution in [1.82, 2.24) is 9.97 Å². The van der Waals surface area contributed by atoms with E-state index in [2.05, 4.69) is 39.7 Å². The molecular formula is C15H18BrN3O. The standard InChI is InChI=1S/C15H18BrN3O/c1-8(2)12-6-5-10(15(18-12)20-4)13-9(3)7-11(17)14(16)19-13/h5-8H,17H2,1-4H3. The lowest BCUT2D eigenvalue weighted by Gasteiger charge is -2.13. The van der Waals surface area contributed by atoms with E-state index < -0.39 is 0 Å². The molecule has 0 aliphatic carbocycles. The van der Waals surface area contributed by atoms with Crippen molar-refractivity contribution in [3.05, 3.63) is 34.1 Å². The number of pyridine rings is 2. The average Bonchev–Trinajstić information content (AvgIpc) is 2.42. The summed E-state index contributed by atoms with van der Waals surface area (Å²) < 4.78 is 6.05. The Balaban J connectivity index is 2.61. The minimum Gasteiger partial charge on any atom is -0.480 e. The summed E-state index contributed by atoms with van der Waals surface area (Å²) in [5.74, 6) is 0.939. The second kappa shape index (κ2) is 5.79. The highest BCUT2D eigenvalue weighted by molar-refractivity contribution is 9.10. The third-order valence-electron chi connectivity index (χ3n) is 3.12. The van der Waals surface area contributed by atoms with Gasteiger partial charge in [-0.1, -0.05) is 13.8 Å². The van der Waals surface area contributed by atoms with Gasteiger partial charge in [-0.15, -0.1) is 0 Å². The number of aryl methyl sites for hydroxylation is 1. The normalized spacial score (nSPS) is 10.9. The van der Waals surface area contributed by atoms with Crippen LogP contribution in [0.4, 0.5) is 5.69 Å². The first-order valence-electron chi connectivity index (χ1n) is 6.42. The van der Waals surface area contributed by atoms with Gasteiger partial charge in [0.1, 0.15) is 4.60 Å². The summed E-state index contributed by atoms with van der Waals surface area (Å²) in [6, 6.07) is 5.90. The van der Waals surface area contributed by atoms with Gasteiger partial charge < -0.3 is 10.5 Å². The monoisotopic (exact) mass is 335 g/mol. The van der Waals surface area contributed by atoms with E-state index in [4.69, 9.17) is 10.5 Å². The summed E-state index contributed by atoms with van der Waals surface area (Å²) >= 11 is 3.36. The first-order valence-corrected chi connectivity index (χ1v) is 7.21. The predicted octanol–water partition coefficient (Wildman–Crippen LogP) is 3.93. The lowest BCUT2D eigenvalue weighted by Crippen LogP contribution is -2.01. The average molecular weight is 336 g/mol. The first kappa shape index (κ1) is 14.8. The van der Waals surface area contributed by atoms with E-state index >= 15 is 0 Å². The molecule has 2 rings (SSSR count). The van der Waals surface area contributed by atoms with Gasteiger partial charge in [0, 0.05) is 5.69 Å². The van der Waals surface area contributed by atoms with Crippen LogP contribution in [0.3, 0.4) is 0 Å². The highest BCUT2D eigenvalue weighted by atomic mass is 79.9. The van der Waals surface area contributed by atoms with Crippen LogP contribution >= 0.6 is 15.9 Å². The molecule has 0 saturated carbocycles. The van der Waals surface area contributed by atoms with Gasteiger partial charge in [0.25, 0.3) is 0 Å². The van der Waals surface area contributed by atoms with Gasteiger partial charge in [0.05, 0.1) is 24.1 Å². The van der Waals surface area contributed by atoms with Gasteiger partial charge in [0.2, 0.25) is 5.88 Å². The van der Waals surface area contributed by atoms with Crippen LogP contribution in [0.2, 0.25) is 0 Å². The minimum absolute atomic E-state index is 0.352. The van der Waals surface area contributed by atoms with Crippen molar-refractivity contribution in [3.8, 4) is 17.1 Å². The van der Waals surface area contributed by atoms with Crippen molar-refractivity contribution in [3.63, 3.8) is 0 Å². The third kappa shape index (κ3) is 2.77. The molecule has 4 nitrogen and oxygen atoms in total. The molecule has 2 aromatic rings. The molecule has 0 bridgehead atoms. The predicted molar refractivity (Wildman–Crippen MR) is 85.0 cm³/mol. The molecule has 2 heterocycles. The summed E-state index contributed by atoms with van der Waals surface area (Å²) in [5.41, 5.74) is 10.2. The minimum atomic E-state index is 0.352. The number of ether oxygens (including phenoxy) is 1. The van der Waals surface area contributed by atoms with Crippen LogP contribution in [0.1, 0.15) is 31.0 Å². The maximum Gasteiger partial charge on any atom is 0.222 e. The van der Waals surface area contributed by atoms with E-state index in [-0.39, 0.29) is 0 Å². The van der Waals surface area contributed by atoms with Crippen LogP contribution in [0.5, 0.6) is 5.88 Å². The summed E-state index contributed by atoms with van der Waals surface area (Å²) in [6.45, 7) is 6.18. The summed E-state index contributed by atoms with van der Waals surface area (Å²) in [6.07, 6.45) is 0. The number of hydrogen-bond acceptors (Lipinski definition) is 4. The number of nitrogen functional groups attached to an aromatic ring is 1. The van der Waals surface area contributed by atoms with Crippen molar-refractivity contribution < 1.29 is 4.74 Å². The number of nitrogens with two attached hydrogens (primary N) is 1. The van der Waals surface area contributed by atoms with E-state index in [1.54, 1.807) is 7.11 Å². The number of hydrogen-bond donors (Lipinski definition) is 1. The molecule has 0 spiro atoms. The molecule has 0 amide bonds. The maximum absolute atomic E-state index is 5.85. The van der Waals surface area contributed by atoms with Gasteiger partial charge in [-0.25, -0.2) is 9.97 Å². The number of aromatic nitrogens is 2. The Morgan fingerprint density at radius 3 is 2.55 bits per heavy atom. The number of methoxy groups -OCH3 is 1. The fourth-order valence-corrected chi connectivity index (χ4v) is 2.29. The fraction of sp³-hybridized carbons (Fsp3) is 0.333. The van der Waals surface area contributed by atoms with Crippen LogP contribution in [0.15, 0.2) is 22.8 Å². The highest BCUT2D eigenvalue weighted by Crippen LogP contribution is 2.33. The largest absolute Gasteiger partial charge is 0.480 e. The Bertz CT molecular complexity index is 641. The zero-order chi connectivity index (χ0) is 14.9.